The summed E-state index contributed by atoms with van der Waals surface area (Å²) in [4.78, 5) is 12.2. The van der Waals surface area contributed by atoms with Crippen molar-refractivity contribution < 1.29 is 9.53 Å². The molecule has 0 fully saturated rings. The Morgan fingerprint density at radius 1 is 0.933 bits per heavy atom. The fraction of sp³-hybridized carbons (Fsp3) is 0.0400. The van der Waals surface area contributed by atoms with Crippen molar-refractivity contribution in [3.05, 3.63) is 113 Å². The first-order chi connectivity index (χ1) is 14.7. The number of halogens is 1. The molecule has 3 aromatic carbocycles. The molecule has 1 aromatic heterocycles. The predicted molar refractivity (Wildman–Crippen MR) is 119 cm³/mol. The Morgan fingerprint density at radius 2 is 1.60 bits per heavy atom. The molecule has 0 saturated carbocycles. The lowest BCUT2D eigenvalue weighted by Gasteiger charge is -2.02. The largest absolute Gasteiger partial charge is 0.458 e. The summed E-state index contributed by atoms with van der Waals surface area (Å²) in [7, 11) is 0. The summed E-state index contributed by atoms with van der Waals surface area (Å²) in [5, 5.41) is 5.38. The summed E-state index contributed by atoms with van der Waals surface area (Å²) < 4.78 is 7.12. The molecular weight excluding hydrogens is 396 g/mol. The molecule has 0 N–H and O–H groups in total. The third kappa shape index (κ3) is 4.85. The molecule has 0 aliphatic carbocycles. The van der Waals surface area contributed by atoms with Gasteiger partial charge in [-0.2, -0.15) is 5.10 Å². The Kier molecular flexibility index (Phi) is 6.06. The number of carbonyl (C=O) groups is 1. The van der Waals surface area contributed by atoms with Crippen LogP contribution in [-0.2, 0) is 16.1 Å². The van der Waals surface area contributed by atoms with E-state index >= 15 is 0 Å². The van der Waals surface area contributed by atoms with E-state index in [9.17, 15) is 4.79 Å². The molecular formula is C25H19ClN2O2. The topological polar surface area (TPSA) is 44.1 Å². The summed E-state index contributed by atoms with van der Waals surface area (Å²) in [6.45, 7) is 0.233. The van der Waals surface area contributed by atoms with Crippen molar-refractivity contribution in [1.82, 2.24) is 9.78 Å². The van der Waals surface area contributed by atoms with E-state index in [2.05, 4.69) is 0 Å². The SMILES string of the molecule is O=C(/C=C/c1cn(-c2ccccc2)nc1-c1ccc(Cl)cc1)OCc1ccccc1. The smallest absolute Gasteiger partial charge is 0.331 e. The van der Waals surface area contributed by atoms with E-state index in [1.165, 1.54) is 6.08 Å². The fourth-order valence-electron chi connectivity index (χ4n) is 2.99. The predicted octanol–water partition coefficient (Wildman–Crippen LogP) is 5.95. The lowest BCUT2D eigenvalue weighted by atomic mass is 10.1. The summed E-state index contributed by atoms with van der Waals surface area (Å²) in [6.07, 6.45) is 5.04. The van der Waals surface area contributed by atoms with Crippen LogP contribution in [0.5, 0.6) is 0 Å². The third-order valence-corrected chi connectivity index (χ3v) is 4.76. The highest BCUT2D eigenvalue weighted by Gasteiger charge is 2.11. The van der Waals surface area contributed by atoms with Crippen molar-refractivity contribution in [2.45, 2.75) is 6.61 Å². The Hall–Kier alpha value is -3.63. The molecule has 0 spiro atoms. The van der Waals surface area contributed by atoms with Crippen LogP contribution in [0.25, 0.3) is 23.0 Å². The van der Waals surface area contributed by atoms with E-state index in [0.717, 1.165) is 28.1 Å². The summed E-state index contributed by atoms with van der Waals surface area (Å²) in [6, 6.07) is 26.8. The molecule has 0 aliphatic heterocycles. The van der Waals surface area contributed by atoms with Gasteiger partial charge in [0.15, 0.2) is 0 Å². The van der Waals surface area contributed by atoms with Crippen LogP contribution < -0.4 is 0 Å². The van der Waals surface area contributed by atoms with Gasteiger partial charge in [-0.05, 0) is 35.9 Å². The number of esters is 1. The van der Waals surface area contributed by atoms with Gasteiger partial charge in [0.1, 0.15) is 6.61 Å². The number of ether oxygens (including phenoxy) is 1. The second kappa shape index (κ2) is 9.25. The van der Waals surface area contributed by atoms with Crippen LogP contribution in [0.3, 0.4) is 0 Å². The van der Waals surface area contributed by atoms with E-state index in [-0.39, 0.29) is 6.61 Å². The van der Waals surface area contributed by atoms with Gasteiger partial charge in [0, 0.05) is 28.4 Å². The lowest BCUT2D eigenvalue weighted by molar-refractivity contribution is -0.138. The summed E-state index contributed by atoms with van der Waals surface area (Å²) in [5.41, 5.74) is 4.34. The summed E-state index contributed by atoms with van der Waals surface area (Å²) in [5.74, 6) is -0.409. The maximum absolute atomic E-state index is 12.2. The van der Waals surface area contributed by atoms with Gasteiger partial charge in [-0.1, -0.05) is 72.3 Å². The van der Waals surface area contributed by atoms with Crippen LogP contribution in [0.2, 0.25) is 5.02 Å². The van der Waals surface area contributed by atoms with Gasteiger partial charge in [-0.25, -0.2) is 9.48 Å². The molecule has 1 heterocycles. The van der Waals surface area contributed by atoms with E-state index in [0.29, 0.717) is 5.02 Å². The van der Waals surface area contributed by atoms with Gasteiger partial charge >= 0.3 is 5.97 Å². The minimum absolute atomic E-state index is 0.233. The molecule has 0 amide bonds. The number of hydrogen-bond donors (Lipinski definition) is 0. The monoisotopic (exact) mass is 414 g/mol. The van der Waals surface area contributed by atoms with Crippen LogP contribution in [0.4, 0.5) is 0 Å². The van der Waals surface area contributed by atoms with Gasteiger partial charge in [0.05, 0.1) is 11.4 Å². The quantitative estimate of drug-likeness (QED) is 0.289. The number of carbonyl (C=O) groups excluding carboxylic acids is 1. The molecule has 30 heavy (non-hydrogen) atoms. The van der Waals surface area contributed by atoms with E-state index in [1.54, 1.807) is 10.8 Å². The van der Waals surface area contributed by atoms with Gasteiger partial charge in [0.2, 0.25) is 0 Å². The lowest BCUT2D eigenvalue weighted by Crippen LogP contribution is -2.00. The number of rotatable bonds is 6. The normalized spacial score (nSPS) is 11.0. The highest BCUT2D eigenvalue weighted by Crippen LogP contribution is 2.26. The van der Waals surface area contributed by atoms with E-state index < -0.39 is 5.97 Å². The van der Waals surface area contributed by atoms with Gasteiger partial charge < -0.3 is 4.74 Å². The molecule has 0 atom stereocenters. The zero-order chi connectivity index (χ0) is 20.8. The summed E-state index contributed by atoms with van der Waals surface area (Å²) >= 11 is 6.03. The highest BCUT2D eigenvalue weighted by atomic mass is 35.5. The molecule has 5 heteroatoms. The molecule has 4 rings (SSSR count). The van der Waals surface area contributed by atoms with Crippen molar-refractivity contribution in [3.8, 4) is 16.9 Å². The van der Waals surface area contributed by atoms with E-state index in [1.807, 2.05) is 91.1 Å². The number of nitrogens with zero attached hydrogens (tertiary/aromatic N) is 2. The number of para-hydroxylation sites is 1. The Morgan fingerprint density at radius 3 is 2.30 bits per heavy atom. The highest BCUT2D eigenvalue weighted by molar-refractivity contribution is 6.30. The molecule has 0 bridgehead atoms. The second-order valence-electron chi connectivity index (χ2n) is 6.65. The zero-order valence-corrected chi connectivity index (χ0v) is 16.9. The maximum Gasteiger partial charge on any atom is 0.331 e. The van der Waals surface area contributed by atoms with Crippen LogP contribution in [0, 0.1) is 0 Å². The number of aromatic nitrogens is 2. The minimum Gasteiger partial charge on any atom is -0.458 e. The van der Waals surface area contributed by atoms with Gasteiger partial charge in [-0.3, -0.25) is 0 Å². The first kappa shape index (κ1) is 19.7. The molecule has 0 aliphatic rings. The van der Waals surface area contributed by atoms with Gasteiger partial charge in [0.25, 0.3) is 0 Å². The number of benzene rings is 3. The number of hydrogen-bond acceptors (Lipinski definition) is 3. The first-order valence-electron chi connectivity index (χ1n) is 9.49. The molecule has 0 saturated heterocycles. The molecule has 4 aromatic rings. The molecule has 148 valence electrons. The first-order valence-corrected chi connectivity index (χ1v) is 9.86. The van der Waals surface area contributed by atoms with Gasteiger partial charge in [-0.15, -0.1) is 0 Å². The van der Waals surface area contributed by atoms with Crippen molar-refractivity contribution >= 4 is 23.6 Å². The van der Waals surface area contributed by atoms with Crippen LogP contribution in [-0.4, -0.2) is 15.7 Å². The Labute approximate surface area is 180 Å². The average molecular weight is 415 g/mol. The van der Waals surface area contributed by atoms with E-state index in [4.69, 9.17) is 21.4 Å². The van der Waals surface area contributed by atoms with Crippen LogP contribution in [0.15, 0.2) is 97.2 Å². The van der Waals surface area contributed by atoms with Crippen molar-refractivity contribution in [3.63, 3.8) is 0 Å². The van der Waals surface area contributed by atoms with Crippen molar-refractivity contribution in [1.29, 1.82) is 0 Å². The molecule has 0 unspecified atom stereocenters. The second-order valence-corrected chi connectivity index (χ2v) is 7.08. The Bertz CT molecular complexity index is 1150. The average Bonchev–Trinajstić information content (AvgIpc) is 3.22. The van der Waals surface area contributed by atoms with Crippen LogP contribution in [0.1, 0.15) is 11.1 Å². The minimum atomic E-state index is -0.409. The fourth-order valence-corrected chi connectivity index (χ4v) is 3.11. The Balaban J connectivity index is 1.59. The third-order valence-electron chi connectivity index (χ3n) is 4.50. The maximum atomic E-state index is 12.2. The van der Waals surface area contributed by atoms with Crippen molar-refractivity contribution in [2.24, 2.45) is 0 Å². The van der Waals surface area contributed by atoms with Crippen LogP contribution >= 0.6 is 11.6 Å². The molecule has 4 nitrogen and oxygen atoms in total. The van der Waals surface area contributed by atoms with Crippen molar-refractivity contribution in [2.75, 3.05) is 0 Å². The standard InChI is InChI=1S/C25H19ClN2O2/c26-22-14-11-20(12-15-22)25-21(17-28(27-25)23-9-5-2-6-10-23)13-16-24(29)30-18-19-7-3-1-4-8-19/h1-17H,18H2/b16-13+. The molecule has 0 radical (unpaired) electrons. The zero-order valence-electron chi connectivity index (χ0n) is 16.1.